The number of hydrogen-bond acceptors (Lipinski definition) is 2. The highest BCUT2D eigenvalue weighted by molar-refractivity contribution is 5.50. The second-order valence-electron chi connectivity index (χ2n) is 8.22. The molecule has 1 aliphatic rings. The van der Waals surface area contributed by atoms with Crippen molar-refractivity contribution in [3.05, 3.63) is 28.8 Å². The molecule has 1 aromatic carbocycles. The van der Waals surface area contributed by atoms with E-state index in [2.05, 4.69) is 53.7 Å². The Bertz CT molecular complexity index is 464. The lowest BCUT2D eigenvalue weighted by atomic mass is 9.78. The van der Waals surface area contributed by atoms with Crippen LogP contribution in [0.1, 0.15) is 64.7 Å². The standard InChI is InChI=1S/C19H30O2/c1-18(2,3)15-10-13(8-9-14-12-21-14)11-16(17(15)20-7)19(4,5)6/h10-11,14H,8-9,12H2,1-7H3. The number of methoxy groups -OCH3 is 1. The fourth-order valence-corrected chi connectivity index (χ4v) is 2.73. The van der Waals surface area contributed by atoms with Crippen LogP contribution in [-0.4, -0.2) is 19.8 Å². The van der Waals surface area contributed by atoms with Crippen LogP contribution in [0.25, 0.3) is 0 Å². The summed E-state index contributed by atoms with van der Waals surface area (Å²) in [6.45, 7) is 14.5. The molecule has 1 aromatic rings. The van der Waals surface area contributed by atoms with E-state index < -0.39 is 0 Å². The molecule has 1 heterocycles. The van der Waals surface area contributed by atoms with Gasteiger partial charge in [-0.15, -0.1) is 0 Å². The lowest BCUT2D eigenvalue weighted by molar-refractivity contribution is 0.380. The summed E-state index contributed by atoms with van der Waals surface area (Å²) in [5.74, 6) is 1.06. The molecular formula is C19H30O2. The van der Waals surface area contributed by atoms with E-state index in [0.29, 0.717) is 6.10 Å². The first-order valence-electron chi connectivity index (χ1n) is 7.96. The fourth-order valence-electron chi connectivity index (χ4n) is 2.73. The Balaban J connectivity index is 2.47. The van der Waals surface area contributed by atoms with Gasteiger partial charge in [-0.2, -0.15) is 0 Å². The summed E-state index contributed by atoms with van der Waals surface area (Å²) in [6.07, 6.45) is 2.70. The largest absolute Gasteiger partial charge is 0.496 e. The van der Waals surface area contributed by atoms with E-state index in [9.17, 15) is 0 Å². The molecule has 0 aromatic heterocycles. The van der Waals surface area contributed by atoms with Crippen molar-refractivity contribution >= 4 is 0 Å². The van der Waals surface area contributed by atoms with Crippen molar-refractivity contribution in [1.82, 2.24) is 0 Å². The molecule has 1 saturated heterocycles. The van der Waals surface area contributed by atoms with Crippen LogP contribution in [0.2, 0.25) is 0 Å². The van der Waals surface area contributed by atoms with Gasteiger partial charge in [0.1, 0.15) is 5.75 Å². The van der Waals surface area contributed by atoms with Crippen LogP contribution in [-0.2, 0) is 22.0 Å². The maximum atomic E-state index is 5.80. The van der Waals surface area contributed by atoms with E-state index in [1.807, 2.05) is 0 Å². The smallest absolute Gasteiger partial charge is 0.126 e. The summed E-state index contributed by atoms with van der Waals surface area (Å²) in [7, 11) is 1.79. The van der Waals surface area contributed by atoms with Crippen LogP contribution in [0, 0.1) is 0 Å². The number of epoxide rings is 1. The van der Waals surface area contributed by atoms with Gasteiger partial charge in [-0.1, -0.05) is 53.7 Å². The fraction of sp³-hybridized carbons (Fsp3) is 0.684. The van der Waals surface area contributed by atoms with E-state index >= 15 is 0 Å². The summed E-state index contributed by atoms with van der Waals surface area (Å²) in [5.41, 5.74) is 4.18. The Morgan fingerprint density at radius 1 is 1.05 bits per heavy atom. The zero-order valence-corrected chi connectivity index (χ0v) is 14.7. The van der Waals surface area contributed by atoms with Crippen LogP contribution >= 0.6 is 0 Å². The average Bonchev–Trinajstić information content (AvgIpc) is 3.17. The molecule has 0 aliphatic carbocycles. The van der Waals surface area contributed by atoms with E-state index in [1.54, 1.807) is 7.11 Å². The zero-order chi connectivity index (χ0) is 15.8. The van der Waals surface area contributed by atoms with E-state index in [1.165, 1.54) is 16.7 Å². The van der Waals surface area contributed by atoms with Gasteiger partial charge in [-0.3, -0.25) is 0 Å². The third-order valence-electron chi connectivity index (χ3n) is 4.13. The maximum Gasteiger partial charge on any atom is 0.126 e. The van der Waals surface area contributed by atoms with E-state index in [4.69, 9.17) is 9.47 Å². The van der Waals surface area contributed by atoms with Crippen LogP contribution < -0.4 is 4.74 Å². The molecule has 1 fully saturated rings. The highest BCUT2D eigenvalue weighted by Crippen LogP contribution is 2.40. The molecule has 21 heavy (non-hydrogen) atoms. The molecule has 1 atom stereocenters. The summed E-state index contributed by atoms with van der Waals surface area (Å²) in [5, 5.41) is 0. The third kappa shape index (κ3) is 4.00. The van der Waals surface area contributed by atoms with E-state index in [-0.39, 0.29) is 10.8 Å². The Labute approximate surface area is 129 Å². The molecule has 0 N–H and O–H groups in total. The summed E-state index contributed by atoms with van der Waals surface area (Å²) in [4.78, 5) is 0. The predicted molar refractivity (Wildman–Crippen MR) is 88.5 cm³/mol. The molecular weight excluding hydrogens is 260 g/mol. The second-order valence-corrected chi connectivity index (χ2v) is 8.22. The Hall–Kier alpha value is -1.02. The molecule has 1 aliphatic heterocycles. The first-order chi connectivity index (χ1) is 9.63. The average molecular weight is 290 g/mol. The van der Waals surface area contributed by atoms with Gasteiger partial charge in [-0.05, 0) is 29.2 Å². The van der Waals surface area contributed by atoms with Gasteiger partial charge in [0.2, 0.25) is 0 Å². The Morgan fingerprint density at radius 3 is 1.86 bits per heavy atom. The molecule has 0 spiro atoms. The predicted octanol–water partition coefficient (Wildman–Crippen LogP) is 4.62. The minimum atomic E-state index is 0.0808. The second kappa shape index (κ2) is 5.64. The SMILES string of the molecule is COc1c(C(C)(C)C)cc(CCC2CO2)cc1C(C)(C)C. The number of aryl methyl sites for hydroxylation is 1. The number of benzene rings is 1. The summed E-state index contributed by atoms with van der Waals surface area (Å²) < 4.78 is 11.1. The van der Waals surface area contributed by atoms with Gasteiger partial charge in [0.25, 0.3) is 0 Å². The van der Waals surface area contributed by atoms with Gasteiger partial charge >= 0.3 is 0 Å². The first kappa shape index (κ1) is 16.4. The monoisotopic (exact) mass is 290 g/mol. The van der Waals surface area contributed by atoms with Crippen LogP contribution in [0.5, 0.6) is 5.75 Å². The molecule has 0 radical (unpaired) electrons. The molecule has 2 rings (SSSR count). The number of ether oxygens (including phenoxy) is 2. The molecule has 2 heteroatoms. The van der Waals surface area contributed by atoms with Crippen LogP contribution in [0.3, 0.4) is 0 Å². The molecule has 0 saturated carbocycles. The Morgan fingerprint density at radius 2 is 1.52 bits per heavy atom. The lowest BCUT2D eigenvalue weighted by Crippen LogP contribution is -2.19. The van der Waals surface area contributed by atoms with Crippen LogP contribution in [0.15, 0.2) is 12.1 Å². The highest BCUT2D eigenvalue weighted by Gasteiger charge is 2.28. The number of rotatable bonds is 4. The van der Waals surface area contributed by atoms with Crippen molar-refractivity contribution in [2.24, 2.45) is 0 Å². The topological polar surface area (TPSA) is 21.8 Å². The van der Waals surface area contributed by atoms with Gasteiger partial charge < -0.3 is 9.47 Å². The molecule has 2 nitrogen and oxygen atoms in total. The Kier molecular flexibility index (Phi) is 4.39. The zero-order valence-electron chi connectivity index (χ0n) is 14.7. The minimum absolute atomic E-state index is 0.0808. The van der Waals surface area contributed by atoms with Crippen molar-refractivity contribution in [2.75, 3.05) is 13.7 Å². The quantitative estimate of drug-likeness (QED) is 0.755. The van der Waals surface area contributed by atoms with Gasteiger partial charge in [0, 0.05) is 11.1 Å². The first-order valence-corrected chi connectivity index (χ1v) is 7.96. The molecule has 0 amide bonds. The van der Waals surface area contributed by atoms with Crippen molar-refractivity contribution in [1.29, 1.82) is 0 Å². The highest BCUT2D eigenvalue weighted by atomic mass is 16.6. The van der Waals surface area contributed by atoms with Crippen molar-refractivity contribution in [3.8, 4) is 5.75 Å². The maximum absolute atomic E-state index is 5.80. The molecule has 118 valence electrons. The van der Waals surface area contributed by atoms with Gasteiger partial charge in [0.05, 0.1) is 19.8 Å². The number of hydrogen-bond donors (Lipinski definition) is 0. The third-order valence-corrected chi connectivity index (χ3v) is 4.13. The van der Waals surface area contributed by atoms with Crippen molar-refractivity contribution in [3.63, 3.8) is 0 Å². The van der Waals surface area contributed by atoms with Crippen LogP contribution in [0.4, 0.5) is 0 Å². The summed E-state index contributed by atoms with van der Waals surface area (Å²) >= 11 is 0. The van der Waals surface area contributed by atoms with Crippen molar-refractivity contribution in [2.45, 2.75) is 71.3 Å². The minimum Gasteiger partial charge on any atom is -0.496 e. The van der Waals surface area contributed by atoms with Crippen molar-refractivity contribution < 1.29 is 9.47 Å². The van der Waals surface area contributed by atoms with Gasteiger partial charge in [0.15, 0.2) is 0 Å². The molecule has 0 bridgehead atoms. The van der Waals surface area contributed by atoms with Gasteiger partial charge in [-0.25, -0.2) is 0 Å². The summed E-state index contributed by atoms with van der Waals surface area (Å²) in [6, 6.07) is 4.66. The molecule has 1 unspecified atom stereocenters. The normalized spacial score (nSPS) is 18.7. The van der Waals surface area contributed by atoms with E-state index in [0.717, 1.165) is 25.2 Å². The lowest BCUT2D eigenvalue weighted by Gasteiger charge is -2.30.